The molecule has 0 atom stereocenters. The van der Waals surface area contributed by atoms with E-state index in [1.165, 1.54) is 0 Å². The van der Waals surface area contributed by atoms with Crippen molar-refractivity contribution in [2.24, 2.45) is 5.73 Å². The second kappa shape index (κ2) is 4.47. The van der Waals surface area contributed by atoms with Crippen molar-refractivity contribution in [2.75, 3.05) is 0 Å². The summed E-state index contributed by atoms with van der Waals surface area (Å²) in [4.78, 5) is 3.97. The Morgan fingerprint density at radius 3 is 2.56 bits per heavy atom. The van der Waals surface area contributed by atoms with Gasteiger partial charge in [-0.15, -0.1) is 17.0 Å². The molecule has 0 radical (unpaired) electrons. The summed E-state index contributed by atoms with van der Waals surface area (Å²) in [5.74, 6) is 0. The number of aromatic nitrogens is 1. The summed E-state index contributed by atoms with van der Waals surface area (Å²) in [6.07, 6.45) is 1.74. The van der Waals surface area contributed by atoms with Crippen molar-refractivity contribution in [3.8, 4) is 0 Å². The minimum atomic E-state index is 0. The van der Waals surface area contributed by atoms with Gasteiger partial charge in [0.15, 0.2) is 0 Å². The summed E-state index contributed by atoms with van der Waals surface area (Å²) in [6, 6.07) is 5.70. The minimum absolute atomic E-state index is 0. The molecule has 50 valence electrons. The first-order valence-electron chi connectivity index (χ1n) is 2.53. The van der Waals surface area contributed by atoms with Crippen LogP contribution in [0.5, 0.6) is 0 Å². The molecule has 0 aliphatic rings. The Hall–Kier alpha value is -0.410. The van der Waals surface area contributed by atoms with Crippen molar-refractivity contribution in [3.63, 3.8) is 0 Å². The molecule has 1 aromatic heterocycles. The molecule has 1 aromatic rings. The van der Waals surface area contributed by atoms with E-state index in [1.807, 2.05) is 18.2 Å². The zero-order valence-electron chi connectivity index (χ0n) is 4.95. The highest BCUT2D eigenvalue weighted by Crippen LogP contribution is 1.88. The molecule has 0 spiro atoms. The first kappa shape index (κ1) is 8.59. The number of hydrogen-bond acceptors (Lipinski definition) is 2. The second-order valence-corrected chi connectivity index (χ2v) is 1.53. The molecule has 0 unspecified atom stereocenters. The number of rotatable bonds is 1. The van der Waals surface area contributed by atoms with Gasteiger partial charge in [-0.05, 0) is 12.1 Å². The highest BCUT2D eigenvalue weighted by atomic mass is 79.9. The van der Waals surface area contributed by atoms with Crippen LogP contribution in [0, 0.1) is 0 Å². The van der Waals surface area contributed by atoms with Crippen LogP contribution in [0.25, 0.3) is 0 Å². The molecule has 2 nitrogen and oxygen atoms in total. The van der Waals surface area contributed by atoms with Crippen LogP contribution in [0.15, 0.2) is 24.4 Å². The summed E-state index contributed by atoms with van der Waals surface area (Å²) in [7, 11) is 0. The Bertz CT molecular complexity index is 152. The van der Waals surface area contributed by atoms with Gasteiger partial charge in [0, 0.05) is 12.7 Å². The molecule has 0 bridgehead atoms. The lowest BCUT2D eigenvalue weighted by Gasteiger charge is -1.89. The van der Waals surface area contributed by atoms with Crippen LogP contribution < -0.4 is 5.73 Å². The molecule has 0 aliphatic carbocycles. The van der Waals surface area contributed by atoms with E-state index in [9.17, 15) is 0 Å². The van der Waals surface area contributed by atoms with Crippen molar-refractivity contribution in [1.82, 2.24) is 4.98 Å². The summed E-state index contributed by atoms with van der Waals surface area (Å²) < 4.78 is 0. The molecule has 0 fully saturated rings. The van der Waals surface area contributed by atoms with E-state index >= 15 is 0 Å². The molecule has 1 heterocycles. The lowest BCUT2D eigenvalue weighted by Crippen LogP contribution is -1.97. The number of nitrogens with two attached hydrogens (primary N) is 1. The Balaban J connectivity index is 0.000000640. The summed E-state index contributed by atoms with van der Waals surface area (Å²) >= 11 is 0. The number of pyridine rings is 1. The Kier molecular flexibility index (Phi) is 4.26. The quantitative estimate of drug-likeness (QED) is 0.718. The fourth-order valence-corrected chi connectivity index (χ4v) is 0.519. The Labute approximate surface area is 64.9 Å². The van der Waals surface area contributed by atoms with Crippen LogP contribution in [0.3, 0.4) is 0 Å². The van der Waals surface area contributed by atoms with E-state index in [0.29, 0.717) is 6.54 Å². The smallest absolute Gasteiger partial charge is 0.0539 e. The van der Waals surface area contributed by atoms with Crippen molar-refractivity contribution < 1.29 is 0 Å². The SMILES string of the molecule is Br.NCc1ccccn1. The average Bonchev–Trinajstić information content (AvgIpc) is 1.90. The van der Waals surface area contributed by atoms with Crippen molar-refractivity contribution in [3.05, 3.63) is 30.1 Å². The van der Waals surface area contributed by atoms with E-state index < -0.39 is 0 Å². The molecule has 0 aromatic carbocycles. The summed E-state index contributed by atoms with van der Waals surface area (Å²) in [5.41, 5.74) is 6.22. The largest absolute Gasteiger partial charge is 0.325 e. The standard InChI is InChI=1S/C6H8N2.BrH/c7-5-6-3-1-2-4-8-6;/h1-4H,5,7H2;1H. The van der Waals surface area contributed by atoms with Gasteiger partial charge in [-0.1, -0.05) is 6.07 Å². The maximum Gasteiger partial charge on any atom is 0.0539 e. The van der Waals surface area contributed by atoms with Gasteiger partial charge in [0.25, 0.3) is 0 Å². The highest BCUT2D eigenvalue weighted by Gasteiger charge is 1.81. The number of nitrogens with zero attached hydrogens (tertiary/aromatic N) is 1. The van der Waals surface area contributed by atoms with Gasteiger partial charge in [-0.2, -0.15) is 0 Å². The first-order valence-corrected chi connectivity index (χ1v) is 2.53. The van der Waals surface area contributed by atoms with Crippen LogP contribution in [-0.2, 0) is 6.54 Å². The van der Waals surface area contributed by atoms with Crippen LogP contribution in [-0.4, -0.2) is 4.98 Å². The number of hydrogen-bond donors (Lipinski definition) is 1. The van der Waals surface area contributed by atoms with Crippen molar-refractivity contribution in [2.45, 2.75) is 6.54 Å². The second-order valence-electron chi connectivity index (χ2n) is 1.53. The van der Waals surface area contributed by atoms with Crippen molar-refractivity contribution >= 4 is 17.0 Å². The van der Waals surface area contributed by atoms with Gasteiger partial charge in [-0.25, -0.2) is 0 Å². The van der Waals surface area contributed by atoms with E-state index in [-0.39, 0.29) is 17.0 Å². The van der Waals surface area contributed by atoms with Gasteiger partial charge in [-0.3, -0.25) is 4.98 Å². The maximum absolute atomic E-state index is 5.29. The van der Waals surface area contributed by atoms with Gasteiger partial charge in [0.1, 0.15) is 0 Å². The molecule has 1 rings (SSSR count). The molecule has 2 N–H and O–H groups in total. The van der Waals surface area contributed by atoms with Crippen LogP contribution >= 0.6 is 17.0 Å². The van der Waals surface area contributed by atoms with E-state index in [4.69, 9.17) is 5.73 Å². The predicted molar refractivity (Wildman–Crippen MR) is 42.5 cm³/mol. The molecule has 0 saturated heterocycles. The molecular weight excluding hydrogens is 180 g/mol. The van der Waals surface area contributed by atoms with Crippen LogP contribution in [0.2, 0.25) is 0 Å². The van der Waals surface area contributed by atoms with Gasteiger partial charge in [0.2, 0.25) is 0 Å². The topological polar surface area (TPSA) is 38.9 Å². The molecule has 9 heavy (non-hydrogen) atoms. The summed E-state index contributed by atoms with van der Waals surface area (Å²) in [6.45, 7) is 0.529. The zero-order chi connectivity index (χ0) is 5.82. The van der Waals surface area contributed by atoms with Gasteiger partial charge < -0.3 is 5.73 Å². The predicted octanol–water partition coefficient (Wildman–Crippen LogP) is 1.12. The van der Waals surface area contributed by atoms with Crippen molar-refractivity contribution in [1.29, 1.82) is 0 Å². The molecule has 0 amide bonds. The molecular formula is C6H9BrN2. The van der Waals surface area contributed by atoms with E-state index in [1.54, 1.807) is 6.20 Å². The number of halogens is 1. The van der Waals surface area contributed by atoms with E-state index in [2.05, 4.69) is 4.98 Å². The maximum atomic E-state index is 5.29. The summed E-state index contributed by atoms with van der Waals surface area (Å²) in [5, 5.41) is 0. The average molecular weight is 189 g/mol. The zero-order valence-corrected chi connectivity index (χ0v) is 6.66. The van der Waals surface area contributed by atoms with Crippen LogP contribution in [0.4, 0.5) is 0 Å². The third kappa shape index (κ3) is 2.58. The van der Waals surface area contributed by atoms with Crippen LogP contribution in [0.1, 0.15) is 5.69 Å². The fraction of sp³-hybridized carbons (Fsp3) is 0.167. The molecule has 3 heteroatoms. The highest BCUT2D eigenvalue weighted by molar-refractivity contribution is 8.93. The first-order chi connectivity index (χ1) is 3.93. The van der Waals surface area contributed by atoms with Gasteiger partial charge in [0.05, 0.1) is 5.69 Å². The normalized spacial score (nSPS) is 8.11. The van der Waals surface area contributed by atoms with Gasteiger partial charge >= 0.3 is 0 Å². The Morgan fingerprint density at radius 2 is 2.22 bits per heavy atom. The molecule has 0 aliphatic heterocycles. The monoisotopic (exact) mass is 188 g/mol. The molecule has 0 saturated carbocycles. The lowest BCUT2D eigenvalue weighted by molar-refractivity contribution is 0.991. The third-order valence-electron chi connectivity index (χ3n) is 0.935. The van der Waals surface area contributed by atoms with E-state index in [0.717, 1.165) is 5.69 Å². The lowest BCUT2D eigenvalue weighted by atomic mass is 10.4. The third-order valence-corrected chi connectivity index (χ3v) is 0.935. The Morgan fingerprint density at radius 1 is 1.44 bits per heavy atom. The fourth-order valence-electron chi connectivity index (χ4n) is 0.519. The minimum Gasteiger partial charge on any atom is -0.325 e.